The van der Waals surface area contributed by atoms with Crippen LogP contribution in [0, 0.1) is 0 Å². The molecule has 0 spiro atoms. The maximum absolute atomic E-state index is 10.8. The second-order valence-electron chi connectivity index (χ2n) is 2.83. The molecule has 2 N–H and O–H groups in total. The van der Waals surface area contributed by atoms with Gasteiger partial charge in [-0.05, 0) is 6.07 Å². The Bertz CT molecular complexity index is 445. The number of benzene rings is 1. The van der Waals surface area contributed by atoms with Gasteiger partial charge in [0.1, 0.15) is 5.82 Å². The largest absolute Gasteiger partial charge is 0.374 e. The Balaban J connectivity index is 2.81. The molecule has 1 aromatic carbocycles. The third-order valence-electron chi connectivity index (χ3n) is 2.11. The van der Waals surface area contributed by atoms with Gasteiger partial charge in [-0.1, -0.05) is 18.2 Å². The van der Waals surface area contributed by atoms with E-state index in [-0.39, 0.29) is 0 Å². The number of nitrogens with one attached hydrogen (secondary N) is 2. The summed E-state index contributed by atoms with van der Waals surface area (Å²) >= 11 is 0. The summed E-state index contributed by atoms with van der Waals surface area (Å²) in [4.78, 5) is 13.9. The fourth-order valence-electron chi connectivity index (χ4n) is 1.48. The van der Waals surface area contributed by atoms with Crippen molar-refractivity contribution >= 4 is 23.0 Å². The lowest BCUT2D eigenvalue weighted by Crippen LogP contribution is -1.91. The molecule has 1 aromatic heterocycles. The van der Waals surface area contributed by atoms with Crippen molar-refractivity contribution in [1.29, 1.82) is 0 Å². The van der Waals surface area contributed by atoms with Gasteiger partial charge in [0.05, 0.1) is 5.56 Å². The lowest BCUT2D eigenvalue weighted by atomic mass is 10.2. The first-order valence-electron chi connectivity index (χ1n) is 4.10. The number of carbonyl (C=O) groups is 1. The van der Waals surface area contributed by atoms with E-state index in [4.69, 9.17) is 0 Å². The van der Waals surface area contributed by atoms with E-state index in [1.165, 1.54) is 0 Å². The Morgan fingerprint density at radius 3 is 2.85 bits per heavy atom. The van der Waals surface area contributed by atoms with Gasteiger partial charge in [0.2, 0.25) is 0 Å². The normalized spacial score (nSPS) is 10.2. The maximum atomic E-state index is 10.8. The van der Waals surface area contributed by atoms with Gasteiger partial charge in [0.15, 0.2) is 6.29 Å². The van der Waals surface area contributed by atoms with E-state index in [0.717, 1.165) is 23.0 Å². The van der Waals surface area contributed by atoms with Crippen LogP contribution in [0.1, 0.15) is 10.4 Å². The number of aromatic amines is 1. The van der Waals surface area contributed by atoms with E-state index in [9.17, 15) is 4.79 Å². The number of carbonyl (C=O) groups excluding carboxylic acids is 1. The second-order valence-corrected chi connectivity index (χ2v) is 2.83. The molecule has 3 heteroatoms. The Morgan fingerprint density at radius 2 is 2.15 bits per heavy atom. The molecule has 2 rings (SSSR count). The van der Waals surface area contributed by atoms with Crippen molar-refractivity contribution < 1.29 is 4.79 Å². The minimum absolute atomic E-state index is 0.693. The van der Waals surface area contributed by atoms with Crippen LogP contribution in [0.25, 0.3) is 10.9 Å². The van der Waals surface area contributed by atoms with Crippen molar-refractivity contribution in [3.8, 4) is 0 Å². The molecule has 0 aliphatic rings. The molecule has 0 fully saturated rings. The van der Waals surface area contributed by atoms with E-state index in [1.807, 2.05) is 24.3 Å². The maximum Gasteiger partial charge on any atom is 0.154 e. The van der Waals surface area contributed by atoms with Gasteiger partial charge in [-0.3, -0.25) is 4.79 Å². The minimum Gasteiger partial charge on any atom is -0.374 e. The predicted octanol–water partition coefficient (Wildman–Crippen LogP) is 2.02. The molecular weight excluding hydrogens is 164 g/mol. The summed E-state index contributed by atoms with van der Waals surface area (Å²) in [6, 6.07) is 7.73. The zero-order valence-electron chi connectivity index (χ0n) is 7.29. The summed E-state index contributed by atoms with van der Waals surface area (Å²) in [5, 5.41) is 3.91. The molecule has 0 radical (unpaired) electrons. The number of rotatable bonds is 2. The van der Waals surface area contributed by atoms with Gasteiger partial charge >= 0.3 is 0 Å². The lowest BCUT2D eigenvalue weighted by molar-refractivity contribution is 0.112. The molecule has 0 atom stereocenters. The zero-order valence-corrected chi connectivity index (χ0v) is 7.29. The monoisotopic (exact) mass is 174 g/mol. The number of hydrogen-bond donors (Lipinski definition) is 2. The van der Waals surface area contributed by atoms with E-state index in [0.29, 0.717) is 5.56 Å². The number of aldehydes is 1. The Hall–Kier alpha value is -1.77. The van der Waals surface area contributed by atoms with Gasteiger partial charge in [0, 0.05) is 18.0 Å². The molecule has 0 bridgehead atoms. The molecule has 0 amide bonds. The summed E-state index contributed by atoms with van der Waals surface area (Å²) in [7, 11) is 1.79. The summed E-state index contributed by atoms with van der Waals surface area (Å²) in [5.41, 5.74) is 1.67. The van der Waals surface area contributed by atoms with Crippen LogP contribution in [-0.2, 0) is 0 Å². The molecule has 0 unspecified atom stereocenters. The number of para-hydroxylation sites is 1. The summed E-state index contributed by atoms with van der Waals surface area (Å²) in [6.07, 6.45) is 0.866. The van der Waals surface area contributed by atoms with Crippen LogP contribution in [0.3, 0.4) is 0 Å². The predicted molar refractivity (Wildman–Crippen MR) is 53.2 cm³/mol. The van der Waals surface area contributed by atoms with Gasteiger partial charge < -0.3 is 10.3 Å². The Morgan fingerprint density at radius 1 is 1.38 bits per heavy atom. The molecule has 2 aromatic rings. The number of anilines is 1. The third-order valence-corrected chi connectivity index (χ3v) is 2.11. The van der Waals surface area contributed by atoms with Crippen LogP contribution in [0.5, 0.6) is 0 Å². The van der Waals surface area contributed by atoms with E-state index in [1.54, 1.807) is 7.05 Å². The first kappa shape index (κ1) is 7.86. The van der Waals surface area contributed by atoms with Crippen LogP contribution in [0.4, 0.5) is 5.82 Å². The highest BCUT2D eigenvalue weighted by molar-refractivity contribution is 6.03. The average molecular weight is 174 g/mol. The Kier molecular flexibility index (Phi) is 1.77. The van der Waals surface area contributed by atoms with Crippen LogP contribution < -0.4 is 5.32 Å². The summed E-state index contributed by atoms with van der Waals surface area (Å²) in [5.74, 6) is 0.774. The molecule has 0 aliphatic heterocycles. The van der Waals surface area contributed by atoms with Crippen molar-refractivity contribution in [2.24, 2.45) is 0 Å². The highest BCUT2D eigenvalue weighted by Gasteiger charge is 2.07. The fourth-order valence-corrected chi connectivity index (χ4v) is 1.48. The van der Waals surface area contributed by atoms with Crippen molar-refractivity contribution in [2.45, 2.75) is 0 Å². The molecule has 0 saturated heterocycles. The van der Waals surface area contributed by atoms with Crippen LogP contribution in [0.2, 0.25) is 0 Å². The summed E-state index contributed by atoms with van der Waals surface area (Å²) in [6.45, 7) is 0. The van der Waals surface area contributed by atoms with Crippen LogP contribution in [-0.4, -0.2) is 18.3 Å². The molecule has 13 heavy (non-hydrogen) atoms. The lowest BCUT2D eigenvalue weighted by Gasteiger charge is -1.93. The number of H-pyrrole nitrogens is 1. The standard InChI is InChI=1S/C10H10N2O/c1-11-10-8(6-13)7-4-2-3-5-9(7)12-10/h2-6,11-12H,1H3. The van der Waals surface area contributed by atoms with E-state index in [2.05, 4.69) is 10.3 Å². The number of aromatic nitrogens is 1. The smallest absolute Gasteiger partial charge is 0.154 e. The first-order valence-corrected chi connectivity index (χ1v) is 4.10. The van der Waals surface area contributed by atoms with Gasteiger partial charge in [-0.25, -0.2) is 0 Å². The summed E-state index contributed by atoms with van der Waals surface area (Å²) < 4.78 is 0. The molecule has 3 nitrogen and oxygen atoms in total. The van der Waals surface area contributed by atoms with Crippen molar-refractivity contribution in [3.63, 3.8) is 0 Å². The molecule has 0 aliphatic carbocycles. The second kappa shape index (κ2) is 2.94. The fraction of sp³-hybridized carbons (Fsp3) is 0.100. The van der Waals surface area contributed by atoms with Gasteiger partial charge in [-0.15, -0.1) is 0 Å². The number of hydrogen-bond acceptors (Lipinski definition) is 2. The van der Waals surface area contributed by atoms with E-state index < -0.39 is 0 Å². The van der Waals surface area contributed by atoms with Gasteiger partial charge in [-0.2, -0.15) is 0 Å². The molecule has 1 heterocycles. The SMILES string of the molecule is CNc1[nH]c2ccccc2c1C=O. The zero-order chi connectivity index (χ0) is 9.26. The quantitative estimate of drug-likeness (QED) is 0.684. The van der Waals surface area contributed by atoms with Crippen molar-refractivity contribution in [3.05, 3.63) is 29.8 Å². The molecule has 0 saturated carbocycles. The Labute approximate surface area is 75.8 Å². The van der Waals surface area contributed by atoms with Crippen molar-refractivity contribution in [2.75, 3.05) is 12.4 Å². The van der Waals surface area contributed by atoms with Crippen LogP contribution in [0.15, 0.2) is 24.3 Å². The highest BCUT2D eigenvalue weighted by atomic mass is 16.1. The molecular formula is C10H10N2O. The first-order chi connectivity index (χ1) is 6.36. The minimum atomic E-state index is 0.693. The topological polar surface area (TPSA) is 44.9 Å². The highest BCUT2D eigenvalue weighted by Crippen LogP contribution is 2.23. The van der Waals surface area contributed by atoms with E-state index >= 15 is 0 Å². The third kappa shape index (κ3) is 1.09. The number of fused-ring (bicyclic) bond motifs is 1. The van der Waals surface area contributed by atoms with Gasteiger partial charge in [0.25, 0.3) is 0 Å². The average Bonchev–Trinajstić information content (AvgIpc) is 2.55. The van der Waals surface area contributed by atoms with Crippen LogP contribution >= 0.6 is 0 Å². The van der Waals surface area contributed by atoms with Crippen molar-refractivity contribution in [1.82, 2.24) is 4.98 Å². The molecule has 66 valence electrons.